The lowest BCUT2D eigenvalue weighted by Gasteiger charge is -2.26. The molecule has 3 aromatic rings. The van der Waals surface area contributed by atoms with E-state index in [2.05, 4.69) is 10.3 Å². The van der Waals surface area contributed by atoms with Gasteiger partial charge in [0.1, 0.15) is 11.1 Å². The first-order chi connectivity index (χ1) is 17.6. The monoisotopic (exact) mass is 484 g/mol. The summed E-state index contributed by atoms with van der Waals surface area (Å²) in [4.78, 5) is 46.4. The zero-order chi connectivity index (χ0) is 24.9. The van der Waals surface area contributed by atoms with Crippen LogP contribution in [-0.2, 0) is 0 Å². The van der Waals surface area contributed by atoms with Crippen molar-refractivity contribution in [2.75, 3.05) is 13.1 Å². The van der Waals surface area contributed by atoms with E-state index in [4.69, 9.17) is 0 Å². The van der Waals surface area contributed by atoms with Crippen LogP contribution >= 0.6 is 0 Å². The Kier molecular flexibility index (Phi) is 7.26. The van der Waals surface area contributed by atoms with E-state index in [1.165, 1.54) is 6.42 Å². The highest BCUT2D eigenvalue weighted by Crippen LogP contribution is 2.29. The second-order valence-electron chi connectivity index (χ2n) is 9.75. The van der Waals surface area contributed by atoms with Gasteiger partial charge in [-0.1, -0.05) is 49.6 Å². The Hall–Kier alpha value is -3.74. The van der Waals surface area contributed by atoms with E-state index in [0.29, 0.717) is 13.1 Å². The molecule has 0 spiro atoms. The summed E-state index contributed by atoms with van der Waals surface area (Å²) in [6.07, 6.45) is 13.9. The molecule has 1 saturated carbocycles. The van der Waals surface area contributed by atoms with Crippen LogP contribution in [-0.4, -0.2) is 39.4 Å². The van der Waals surface area contributed by atoms with Crippen LogP contribution in [0.4, 0.5) is 0 Å². The van der Waals surface area contributed by atoms with Gasteiger partial charge < -0.3 is 14.8 Å². The first kappa shape index (κ1) is 24.0. The largest absolute Gasteiger partial charge is 0.349 e. The van der Waals surface area contributed by atoms with Crippen molar-refractivity contribution in [2.24, 2.45) is 0 Å². The molecule has 186 valence electrons. The van der Waals surface area contributed by atoms with Crippen LogP contribution in [0, 0.1) is 0 Å². The molecular formula is C29H32N4O3. The number of aromatic nitrogens is 2. The molecule has 7 heteroatoms. The van der Waals surface area contributed by atoms with Gasteiger partial charge in [0.05, 0.1) is 6.04 Å². The molecule has 1 saturated heterocycles. The highest BCUT2D eigenvalue weighted by atomic mass is 16.2. The van der Waals surface area contributed by atoms with Gasteiger partial charge in [-0.15, -0.1) is 0 Å². The molecule has 2 amide bonds. The number of carbonyl (C=O) groups is 2. The lowest BCUT2D eigenvalue weighted by atomic mass is 9.94. The van der Waals surface area contributed by atoms with Crippen LogP contribution in [0.3, 0.4) is 0 Å². The molecule has 2 fully saturated rings. The summed E-state index contributed by atoms with van der Waals surface area (Å²) in [6, 6.07) is 13.1. The van der Waals surface area contributed by atoms with Gasteiger partial charge >= 0.3 is 0 Å². The van der Waals surface area contributed by atoms with Crippen molar-refractivity contribution in [1.82, 2.24) is 19.8 Å². The van der Waals surface area contributed by atoms with Crippen molar-refractivity contribution in [2.45, 2.75) is 57.0 Å². The van der Waals surface area contributed by atoms with E-state index in [1.807, 2.05) is 47.0 Å². The van der Waals surface area contributed by atoms with E-state index in [-0.39, 0.29) is 23.1 Å². The lowest BCUT2D eigenvalue weighted by Crippen LogP contribution is -2.38. The number of carbonyl (C=O) groups excluding carboxylic acids is 2. The molecule has 7 nitrogen and oxygen atoms in total. The van der Waals surface area contributed by atoms with E-state index in [1.54, 1.807) is 29.7 Å². The Balaban J connectivity index is 1.53. The minimum Gasteiger partial charge on any atom is -0.349 e. The second kappa shape index (κ2) is 10.9. The minimum atomic E-state index is -0.502. The average Bonchev–Trinajstić information content (AvgIpc) is 3.48. The summed E-state index contributed by atoms with van der Waals surface area (Å²) in [5, 5.41) is 3.07. The van der Waals surface area contributed by atoms with Gasteiger partial charge in [-0.05, 0) is 48.9 Å². The molecule has 2 aliphatic rings. The zero-order valence-corrected chi connectivity index (χ0v) is 20.4. The van der Waals surface area contributed by atoms with Crippen molar-refractivity contribution in [1.29, 1.82) is 0 Å². The van der Waals surface area contributed by atoms with Gasteiger partial charge in [0.2, 0.25) is 5.43 Å². The van der Waals surface area contributed by atoms with E-state index < -0.39 is 17.4 Å². The standard InChI is InChI=1S/C29H32N4O3/c34-27-24(28(35)31-26(21-9-3-1-4-10-21)22-13-15-30-16-14-22)19-33(23-11-5-2-6-12-23)20-25(27)29(36)32-17-7-8-18-32/h1,3-4,9-10,13-16,19-20,23,26H,2,5-8,11-12,17-18H2,(H,31,35)/t26-/m0/s1. The van der Waals surface area contributed by atoms with Crippen molar-refractivity contribution in [3.63, 3.8) is 0 Å². The van der Waals surface area contributed by atoms with Crippen molar-refractivity contribution in [3.8, 4) is 0 Å². The van der Waals surface area contributed by atoms with Gasteiger partial charge in [-0.25, -0.2) is 0 Å². The van der Waals surface area contributed by atoms with Crippen LogP contribution in [0.25, 0.3) is 0 Å². The van der Waals surface area contributed by atoms with Crippen molar-refractivity contribution >= 4 is 11.8 Å². The molecule has 5 rings (SSSR count). The predicted octanol–water partition coefficient (Wildman–Crippen LogP) is 4.50. The number of likely N-dealkylation sites (tertiary alicyclic amines) is 1. The minimum absolute atomic E-state index is 0.0145. The van der Waals surface area contributed by atoms with Gasteiger partial charge in [0.25, 0.3) is 11.8 Å². The molecule has 0 bridgehead atoms. The maximum absolute atomic E-state index is 13.7. The third-order valence-electron chi connectivity index (χ3n) is 7.36. The molecule has 1 aromatic carbocycles. The van der Waals surface area contributed by atoms with Crippen LogP contribution < -0.4 is 10.7 Å². The number of hydrogen-bond donors (Lipinski definition) is 1. The summed E-state index contributed by atoms with van der Waals surface area (Å²) >= 11 is 0. The Morgan fingerprint density at radius 1 is 0.833 bits per heavy atom. The van der Waals surface area contributed by atoms with E-state index in [0.717, 1.165) is 49.7 Å². The van der Waals surface area contributed by atoms with Crippen LogP contribution in [0.15, 0.2) is 72.0 Å². The molecule has 2 aromatic heterocycles. The molecular weight excluding hydrogens is 452 g/mol. The average molecular weight is 485 g/mol. The summed E-state index contributed by atoms with van der Waals surface area (Å²) < 4.78 is 1.95. The molecule has 36 heavy (non-hydrogen) atoms. The normalized spacial score (nSPS) is 17.1. The van der Waals surface area contributed by atoms with E-state index in [9.17, 15) is 14.4 Å². The molecule has 3 heterocycles. The fourth-order valence-corrected chi connectivity index (χ4v) is 5.36. The third kappa shape index (κ3) is 5.10. The quantitative estimate of drug-likeness (QED) is 0.558. The number of nitrogens with one attached hydrogen (secondary N) is 1. The molecule has 0 radical (unpaired) electrons. The van der Waals surface area contributed by atoms with Gasteiger partial charge in [0.15, 0.2) is 0 Å². The molecule has 1 N–H and O–H groups in total. The zero-order valence-electron chi connectivity index (χ0n) is 20.4. The smallest absolute Gasteiger partial charge is 0.259 e. The Morgan fingerprint density at radius 2 is 1.47 bits per heavy atom. The van der Waals surface area contributed by atoms with Gasteiger partial charge in [0, 0.05) is 43.9 Å². The van der Waals surface area contributed by atoms with Crippen LogP contribution in [0.5, 0.6) is 0 Å². The SMILES string of the molecule is O=C(N[C@@H](c1ccccc1)c1ccncc1)c1cn(C2CCCCC2)cc(C(=O)N2CCCC2)c1=O. The van der Waals surface area contributed by atoms with Gasteiger partial charge in [-0.2, -0.15) is 0 Å². The number of pyridine rings is 2. The fourth-order valence-electron chi connectivity index (χ4n) is 5.36. The first-order valence-electron chi connectivity index (χ1n) is 12.9. The van der Waals surface area contributed by atoms with Crippen LogP contribution in [0.2, 0.25) is 0 Å². The number of benzene rings is 1. The van der Waals surface area contributed by atoms with Crippen molar-refractivity contribution in [3.05, 3.63) is 99.7 Å². The number of amides is 2. The molecule has 1 aliphatic carbocycles. The second-order valence-corrected chi connectivity index (χ2v) is 9.75. The predicted molar refractivity (Wildman–Crippen MR) is 138 cm³/mol. The first-order valence-corrected chi connectivity index (χ1v) is 12.9. The maximum Gasteiger partial charge on any atom is 0.259 e. The Bertz CT molecular complexity index is 1220. The third-order valence-corrected chi connectivity index (χ3v) is 7.36. The fraction of sp³-hybridized carbons (Fsp3) is 0.379. The highest BCUT2D eigenvalue weighted by molar-refractivity contribution is 5.99. The summed E-state index contributed by atoms with van der Waals surface area (Å²) in [5.74, 6) is -0.753. The Morgan fingerprint density at radius 3 is 2.17 bits per heavy atom. The number of hydrogen-bond acceptors (Lipinski definition) is 4. The molecule has 1 aliphatic heterocycles. The summed E-state index contributed by atoms with van der Waals surface area (Å²) in [5.41, 5.74) is 1.37. The van der Waals surface area contributed by atoms with E-state index >= 15 is 0 Å². The summed E-state index contributed by atoms with van der Waals surface area (Å²) in [7, 11) is 0. The Labute approximate surface area is 211 Å². The number of nitrogens with zero attached hydrogens (tertiary/aromatic N) is 3. The maximum atomic E-state index is 13.7. The summed E-state index contributed by atoms with van der Waals surface area (Å²) in [6.45, 7) is 1.30. The highest BCUT2D eigenvalue weighted by Gasteiger charge is 2.28. The molecule has 1 atom stereocenters. The number of rotatable bonds is 6. The topological polar surface area (TPSA) is 84.3 Å². The van der Waals surface area contributed by atoms with Crippen LogP contribution in [0.1, 0.15) is 88.9 Å². The molecule has 0 unspecified atom stereocenters. The van der Waals surface area contributed by atoms with Crippen molar-refractivity contribution < 1.29 is 9.59 Å². The lowest BCUT2D eigenvalue weighted by molar-refractivity contribution is 0.0790. The van der Waals surface area contributed by atoms with Gasteiger partial charge in [-0.3, -0.25) is 19.4 Å².